The lowest BCUT2D eigenvalue weighted by atomic mass is 9.92. The molecule has 0 radical (unpaired) electrons. The Kier molecular flexibility index (Phi) is 6.37. The zero-order chi connectivity index (χ0) is 14.9. The van der Waals surface area contributed by atoms with Crippen molar-refractivity contribution in [2.75, 3.05) is 13.1 Å². The van der Waals surface area contributed by atoms with E-state index >= 15 is 0 Å². The van der Waals surface area contributed by atoms with Crippen LogP contribution in [0.15, 0.2) is 12.1 Å². The maximum Gasteiger partial charge on any atom is 0.255 e. The minimum atomic E-state index is -0.272. The first-order chi connectivity index (χ1) is 9.40. The molecule has 1 aromatic carbocycles. The molecule has 1 fully saturated rings. The van der Waals surface area contributed by atoms with Crippen molar-refractivity contribution in [1.82, 2.24) is 4.90 Å². The van der Waals surface area contributed by atoms with Gasteiger partial charge in [0.1, 0.15) is 0 Å². The van der Waals surface area contributed by atoms with Crippen molar-refractivity contribution in [2.24, 2.45) is 5.92 Å². The van der Waals surface area contributed by atoms with Crippen LogP contribution in [0, 0.1) is 16.6 Å². The lowest BCUT2D eigenvalue weighted by Crippen LogP contribution is -2.41. The lowest BCUT2D eigenvalue weighted by Gasteiger charge is -2.33. The predicted molar refractivity (Wildman–Crippen MR) is 105 cm³/mol. The number of benzene rings is 1. The number of nitrogens with zero attached hydrogens (tertiary/aromatic N) is 1. The fourth-order valence-electron chi connectivity index (χ4n) is 2.47. The zero-order valence-corrected chi connectivity index (χ0v) is 17.5. The van der Waals surface area contributed by atoms with Crippen molar-refractivity contribution < 1.29 is 9.90 Å². The molecule has 1 heterocycles. The van der Waals surface area contributed by atoms with Crippen molar-refractivity contribution in [3.8, 4) is 0 Å². The number of carbonyl (C=O) groups excluding carboxylic acids is 1. The number of hydrogen-bond donors (Lipinski definition) is 1. The summed E-state index contributed by atoms with van der Waals surface area (Å²) < 4.78 is 3.25. The van der Waals surface area contributed by atoms with E-state index in [0.29, 0.717) is 5.92 Å². The number of likely N-dealkylation sites (tertiary alicyclic amines) is 1. The minimum absolute atomic E-state index is 0.120. The normalized spacial score (nSPS) is 18.1. The first-order valence-electron chi connectivity index (χ1n) is 6.52. The Hall–Kier alpha value is 0.840. The van der Waals surface area contributed by atoms with Gasteiger partial charge in [-0.05, 0) is 106 Å². The summed E-state index contributed by atoms with van der Waals surface area (Å²) in [7, 11) is 0. The van der Waals surface area contributed by atoms with Crippen LogP contribution < -0.4 is 0 Å². The van der Waals surface area contributed by atoms with E-state index in [2.05, 4.69) is 73.8 Å². The molecule has 0 aliphatic carbocycles. The van der Waals surface area contributed by atoms with Crippen LogP contribution in [0.3, 0.4) is 0 Å². The Balaban J connectivity index is 2.13. The van der Waals surface area contributed by atoms with E-state index in [-0.39, 0.29) is 12.0 Å². The zero-order valence-electron chi connectivity index (χ0n) is 11.1. The van der Waals surface area contributed by atoms with Crippen molar-refractivity contribution >= 4 is 73.7 Å². The minimum Gasteiger partial charge on any atom is -0.393 e. The highest BCUT2D eigenvalue weighted by Crippen LogP contribution is 2.26. The molecule has 1 N–H and O–H groups in total. The van der Waals surface area contributed by atoms with Gasteiger partial charge in [0.2, 0.25) is 0 Å². The molecule has 6 heteroatoms. The van der Waals surface area contributed by atoms with E-state index in [1.165, 1.54) is 0 Å². The van der Waals surface area contributed by atoms with Gasteiger partial charge in [-0.2, -0.15) is 0 Å². The van der Waals surface area contributed by atoms with Gasteiger partial charge in [-0.15, -0.1) is 0 Å². The molecule has 0 bridgehead atoms. The third kappa shape index (κ3) is 3.97. The van der Waals surface area contributed by atoms with Crippen LogP contribution in [-0.4, -0.2) is 35.1 Å². The van der Waals surface area contributed by atoms with E-state index in [4.69, 9.17) is 0 Å². The number of hydrogen-bond acceptors (Lipinski definition) is 2. The van der Waals surface area contributed by atoms with Gasteiger partial charge in [-0.3, -0.25) is 4.79 Å². The van der Waals surface area contributed by atoms with Crippen LogP contribution in [0.25, 0.3) is 0 Å². The van der Waals surface area contributed by atoms with Gasteiger partial charge >= 0.3 is 0 Å². The van der Waals surface area contributed by atoms with E-state index in [0.717, 1.165) is 42.2 Å². The summed E-state index contributed by atoms with van der Waals surface area (Å²) >= 11 is 6.78. The molecule has 1 atom stereocenters. The summed E-state index contributed by atoms with van der Waals surface area (Å²) in [5.41, 5.74) is 0.803. The fraction of sp³-hybridized carbons (Fsp3) is 0.500. The average molecular weight is 611 g/mol. The van der Waals surface area contributed by atoms with Crippen LogP contribution in [0.1, 0.15) is 30.1 Å². The second-order valence-electron chi connectivity index (χ2n) is 5.12. The molecule has 1 unspecified atom stereocenters. The maximum absolute atomic E-state index is 12.7. The Morgan fingerprint density at radius 3 is 2.45 bits per heavy atom. The summed E-state index contributed by atoms with van der Waals surface area (Å²) in [5.74, 6) is 0.448. The van der Waals surface area contributed by atoms with Crippen molar-refractivity contribution in [3.63, 3.8) is 0 Å². The number of carbonyl (C=O) groups is 1. The third-order valence-corrected chi connectivity index (χ3v) is 7.40. The third-order valence-electron chi connectivity index (χ3n) is 3.73. The van der Waals surface area contributed by atoms with E-state index in [1.807, 2.05) is 17.9 Å². The summed E-state index contributed by atoms with van der Waals surface area (Å²) in [6.45, 7) is 3.33. The molecule has 1 aromatic rings. The second kappa shape index (κ2) is 7.40. The molecule has 3 nitrogen and oxygen atoms in total. The molecule has 1 saturated heterocycles. The number of halogens is 3. The number of aliphatic hydroxyl groups excluding tert-OH is 1. The molecule has 110 valence electrons. The number of aliphatic hydroxyl groups is 1. The molecule has 1 aliphatic rings. The van der Waals surface area contributed by atoms with Gasteiger partial charge in [-0.1, -0.05) is 0 Å². The fourth-order valence-corrected chi connectivity index (χ4v) is 4.85. The first-order valence-corrected chi connectivity index (χ1v) is 9.75. The Labute approximate surface area is 160 Å². The lowest BCUT2D eigenvalue weighted by molar-refractivity contribution is 0.0520. The molecule has 0 saturated carbocycles. The highest BCUT2D eigenvalue weighted by atomic mass is 127. The molecule has 1 amide bonds. The monoisotopic (exact) mass is 611 g/mol. The van der Waals surface area contributed by atoms with E-state index in [9.17, 15) is 9.90 Å². The number of piperidine rings is 1. The molecular formula is C14H16I3NO2. The summed E-state index contributed by atoms with van der Waals surface area (Å²) in [4.78, 5) is 14.6. The molecule has 20 heavy (non-hydrogen) atoms. The second-order valence-corrected chi connectivity index (χ2v) is 8.61. The van der Waals surface area contributed by atoms with Gasteiger partial charge in [0, 0.05) is 23.8 Å². The topological polar surface area (TPSA) is 40.5 Å². The first kappa shape index (κ1) is 17.2. The standard InChI is InChI=1S/C14H16I3NO2/c1-8(19)9-2-4-18(5-3-9)14(20)11-6-10(15)7-12(16)13(11)17/h6-9,19H,2-5H2,1H3. The van der Waals surface area contributed by atoms with Crippen LogP contribution in [0.4, 0.5) is 0 Å². The smallest absolute Gasteiger partial charge is 0.255 e. The van der Waals surface area contributed by atoms with Crippen LogP contribution in [-0.2, 0) is 0 Å². The van der Waals surface area contributed by atoms with Gasteiger partial charge in [0.05, 0.1) is 11.7 Å². The number of rotatable bonds is 2. The largest absolute Gasteiger partial charge is 0.393 e. The quantitative estimate of drug-likeness (QED) is 0.410. The van der Waals surface area contributed by atoms with Gasteiger partial charge < -0.3 is 10.0 Å². The highest BCUT2D eigenvalue weighted by molar-refractivity contribution is 14.1. The molecular weight excluding hydrogens is 595 g/mol. The van der Waals surface area contributed by atoms with E-state index in [1.54, 1.807) is 0 Å². The van der Waals surface area contributed by atoms with E-state index < -0.39 is 0 Å². The van der Waals surface area contributed by atoms with Crippen molar-refractivity contribution in [2.45, 2.75) is 25.9 Å². The van der Waals surface area contributed by atoms with Crippen molar-refractivity contribution in [1.29, 1.82) is 0 Å². The molecule has 0 spiro atoms. The van der Waals surface area contributed by atoms with Crippen LogP contribution in [0.5, 0.6) is 0 Å². The van der Waals surface area contributed by atoms with Gasteiger partial charge in [0.25, 0.3) is 5.91 Å². The van der Waals surface area contributed by atoms with Crippen LogP contribution >= 0.6 is 67.8 Å². The SMILES string of the molecule is CC(O)C1CCN(C(=O)c2cc(I)cc(I)c2I)CC1. The Morgan fingerprint density at radius 1 is 1.30 bits per heavy atom. The average Bonchev–Trinajstić information content (AvgIpc) is 2.42. The Morgan fingerprint density at radius 2 is 1.90 bits per heavy atom. The number of amides is 1. The van der Waals surface area contributed by atoms with Crippen molar-refractivity contribution in [3.05, 3.63) is 28.4 Å². The van der Waals surface area contributed by atoms with Gasteiger partial charge in [0.15, 0.2) is 0 Å². The Bertz CT molecular complexity index is 511. The maximum atomic E-state index is 12.7. The predicted octanol–water partition coefficient (Wildman–Crippen LogP) is 3.73. The summed E-state index contributed by atoms with van der Waals surface area (Å²) in [5, 5.41) is 9.63. The summed E-state index contributed by atoms with van der Waals surface area (Å²) in [6, 6.07) is 4.05. The summed E-state index contributed by atoms with van der Waals surface area (Å²) in [6.07, 6.45) is 1.51. The van der Waals surface area contributed by atoms with Crippen LogP contribution in [0.2, 0.25) is 0 Å². The molecule has 0 aromatic heterocycles. The molecule has 1 aliphatic heterocycles. The molecule has 2 rings (SSSR count). The highest BCUT2D eigenvalue weighted by Gasteiger charge is 2.27. The van der Waals surface area contributed by atoms with Gasteiger partial charge in [-0.25, -0.2) is 0 Å².